The first-order chi connectivity index (χ1) is 10.0. The van der Waals surface area contributed by atoms with E-state index < -0.39 is 5.92 Å². The van der Waals surface area contributed by atoms with Crippen LogP contribution in [0.2, 0.25) is 0 Å². The summed E-state index contributed by atoms with van der Waals surface area (Å²) in [4.78, 5) is 8.58. The van der Waals surface area contributed by atoms with E-state index in [9.17, 15) is 8.78 Å². The Kier molecular flexibility index (Phi) is 7.34. The Hall–Kier alpha value is -1.45. The first-order valence-corrected chi connectivity index (χ1v) is 7.62. The van der Waals surface area contributed by atoms with Crippen LogP contribution in [0.4, 0.5) is 8.78 Å². The fourth-order valence-electron chi connectivity index (χ4n) is 3.15. The molecule has 0 radical (unpaired) electrons. The molecule has 118 valence electrons. The van der Waals surface area contributed by atoms with Gasteiger partial charge in [0.2, 0.25) is 12.3 Å². The zero-order valence-electron chi connectivity index (χ0n) is 12.6. The monoisotopic (exact) mass is 297 g/mol. The molecule has 4 heteroatoms. The highest BCUT2D eigenvalue weighted by atomic mass is 19.3. The van der Waals surface area contributed by atoms with Gasteiger partial charge < -0.3 is 5.73 Å². The third-order valence-electron chi connectivity index (χ3n) is 4.16. The van der Waals surface area contributed by atoms with E-state index in [0.29, 0.717) is 24.7 Å². The molecule has 1 aromatic rings. The molecule has 1 amide bonds. The van der Waals surface area contributed by atoms with Gasteiger partial charge in [0.1, 0.15) is 0 Å². The summed E-state index contributed by atoms with van der Waals surface area (Å²) in [7, 11) is 0. The summed E-state index contributed by atoms with van der Waals surface area (Å²) in [6, 6.07) is 10.4. The van der Waals surface area contributed by atoms with Gasteiger partial charge in [-0.25, -0.2) is 8.78 Å². The zero-order valence-corrected chi connectivity index (χ0v) is 12.6. The van der Waals surface area contributed by atoms with Crippen molar-refractivity contribution >= 4 is 6.41 Å². The number of hydrogen-bond acceptors (Lipinski definition) is 1. The van der Waals surface area contributed by atoms with Crippen molar-refractivity contribution in [3.05, 3.63) is 35.9 Å². The van der Waals surface area contributed by atoms with Crippen molar-refractivity contribution in [1.82, 2.24) is 0 Å². The second-order valence-corrected chi connectivity index (χ2v) is 5.64. The number of rotatable bonds is 4. The predicted octanol–water partition coefficient (Wildman–Crippen LogP) is 4.50. The second-order valence-electron chi connectivity index (χ2n) is 5.64. The van der Waals surface area contributed by atoms with Crippen molar-refractivity contribution in [3.8, 4) is 0 Å². The van der Waals surface area contributed by atoms with Gasteiger partial charge in [-0.05, 0) is 36.7 Å². The quantitative estimate of drug-likeness (QED) is 0.817. The van der Waals surface area contributed by atoms with Crippen LogP contribution in [0, 0.1) is 5.92 Å². The molecule has 1 saturated carbocycles. The van der Waals surface area contributed by atoms with Gasteiger partial charge in [0.05, 0.1) is 0 Å². The first kappa shape index (κ1) is 17.6. The predicted molar refractivity (Wildman–Crippen MR) is 81.2 cm³/mol. The minimum atomic E-state index is -2.41. The molecule has 0 spiro atoms. The Morgan fingerprint density at radius 2 is 1.81 bits per heavy atom. The summed E-state index contributed by atoms with van der Waals surface area (Å²) in [6.07, 6.45) is 3.97. The Balaban J connectivity index is 0.000000677. The van der Waals surface area contributed by atoms with Gasteiger partial charge in [-0.3, -0.25) is 4.79 Å². The molecule has 0 heterocycles. The van der Waals surface area contributed by atoms with Crippen LogP contribution in [-0.2, 0) is 4.79 Å². The lowest BCUT2D eigenvalue weighted by Gasteiger charge is -2.34. The van der Waals surface area contributed by atoms with Crippen LogP contribution < -0.4 is 5.73 Å². The summed E-state index contributed by atoms with van der Waals surface area (Å²) < 4.78 is 26.5. The molecule has 2 nitrogen and oxygen atoms in total. The van der Waals surface area contributed by atoms with Gasteiger partial charge in [-0.2, -0.15) is 0 Å². The molecule has 1 aliphatic rings. The third-order valence-corrected chi connectivity index (χ3v) is 4.16. The van der Waals surface area contributed by atoms with Gasteiger partial charge in [-0.15, -0.1) is 0 Å². The normalized spacial score (nSPS) is 19.2. The van der Waals surface area contributed by atoms with Crippen molar-refractivity contribution in [1.29, 1.82) is 0 Å². The van der Waals surface area contributed by atoms with E-state index in [1.54, 1.807) is 0 Å². The number of nitrogens with two attached hydrogens (primary N) is 1. The Morgan fingerprint density at radius 1 is 1.29 bits per heavy atom. The zero-order chi connectivity index (χ0) is 15.7. The van der Waals surface area contributed by atoms with Crippen molar-refractivity contribution in [3.63, 3.8) is 0 Å². The van der Waals surface area contributed by atoms with E-state index in [-0.39, 0.29) is 19.3 Å². The fourth-order valence-corrected chi connectivity index (χ4v) is 3.15. The van der Waals surface area contributed by atoms with E-state index in [1.165, 1.54) is 5.56 Å². The summed E-state index contributed by atoms with van der Waals surface area (Å²) in [5, 5.41) is 0. The van der Waals surface area contributed by atoms with E-state index >= 15 is 0 Å². The Bertz CT molecular complexity index is 399. The van der Waals surface area contributed by atoms with Crippen LogP contribution in [0.25, 0.3) is 0 Å². The summed E-state index contributed by atoms with van der Waals surface area (Å²) in [5.74, 6) is -1.51. The number of carbonyl (C=O) groups excluding carboxylic acids is 1. The molecule has 1 aliphatic carbocycles. The molecule has 1 atom stereocenters. The molecule has 1 unspecified atom stereocenters. The van der Waals surface area contributed by atoms with Gasteiger partial charge in [0.15, 0.2) is 0 Å². The number of halogens is 2. The molecule has 0 aromatic heterocycles. The second kappa shape index (κ2) is 8.75. The lowest BCUT2D eigenvalue weighted by atomic mass is 9.74. The number of primary amides is 1. The number of carbonyl (C=O) groups is 1. The lowest BCUT2D eigenvalue weighted by molar-refractivity contribution is -0.106. The van der Waals surface area contributed by atoms with Crippen LogP contribution in [0.3, 0.4) is 0 Å². The molecule has 1 fully saturated rings. The van der Waals surface area contributed by atoms with Crippen LogP contribution >= 0.6 is 0 Å². The Labute approximate surface area is 125 Å². The SMILES string of the molecule is CCCC(c1ccccc1)C1CCC(F)(F)CC1.NC=O. The van der Waals surface area contributed by atoms with E-state index in [0.717, 1.165) is 12.8 Å². The topological polar surface area (TPSA) is 43.1 Å². The largest absolute Gasteiger partial charge is 0.372 e. The highest BCUT2D eigenvalue weighted by molar-refractivity contribution is 5.42. The summed E-state index contributed by atoms with van der Waals surface area (Å²) in [5.41, 5.74) is 5.49. The van der Waals surface area contributed by atoms with Crippen LogP contribution in [0.15, 0.2) is 30.3 Å². The number of hydrogen-bond donors (Lipinski definition) is 1. The fraction of sp³-hybridized carbons (Fsp3) is 0.588. The molecule has 0 bridgehead atoms. The third kappa shape index (κ3) is 5.82. The maximum Gasteiger partial charge on any atom is 0.248 e. The van der Waals surface area contributed by atoms with Crippen LogP contribution in [0.5, 0.6) is 0 Å². The number of benzene rings is 1. The molecule has 0 aliphatic heterocycles. The van der Waals surface area contributed by atoms with Gasteiger partial charge >= 0.3 is 0 Å². The minimum Gasteiger partial charge on any atom is -0.372 e. The number of amides is 1. The maximum atomic E-state index is 13.2. The average Bonchev–Trinajstić information content (AvgIpc) is 2.47. The van der Waals surface area contributed by atoms with Crippen molar-refractivity contribution in [2.75, 3.05) is 0 Å². The number of alkyl halides is 2. The lowest BCUT2D eigenvalue weighted by Crippen LogP contribution is -2.27. The van der Waals surface area contributed by atoms with E-state index in [2.05, 4.69) is 36.9 Å². The van der Waals surface area contributed by atoms with Gasteiger partial charge in [0.25, 0.3) is 0 Å². The smallest absolute Gasteiger partial charge is 0.248 e. The van der Waals surface area contributed by atoms with Crippen molar-refractivity contribution in [2.24, 2.45) is 11.7 Å². The minimum absolute atomic E-state index is 0.0741. The molecular weight excluding hydrogens is 272 g/mol. The molecule has 2 rings (SSSR count). The van der Waals surface area contributed by atoms with E-state index in [1.807, 2.05) is 6.07 Å². The van der Waals surface area contributed by atoms with Gasteiger partial charge in [0, 0.05) is 12.8 Å². The van der Waals surface area contributed by atoms with Crippen molar-refractivity contribution in [2.45, 2.75) is 57.3 Å². The van der Waals surface area contributed by atoms with Crippen LogP contribution in [0.1, 0.15) is 56.9 Å². The van der Waals surface area contributed by atoms with E-state index in [4.69, 9.17) is 4.79 Å². The standard InChI is InChI=1S/C16H22F2.CH3NO/c1-2-6-15(13-7-4-3-5-8-13)14-9-11-16(17,18)12-10-14;2-1-3/h3-5,7-8,14-15H,2,6,9-12H2,1H3;1H,(H2,2,3). The highest BCUT2D eigenvalue weighted by Gasteiger charge is 2.37. The highest BCUT2D eigenvalue weighted by Crippen LogP contribution is 2.43. The molecular formula is C17H25F2NO. The first-order valence-electron chi connectivity index (χ1n) is 7.62. The molecule has 2 N–H and O–H groups in total. The molecule has 1 aromatic carbocycles. The maximum absolute atomic E-state index is 13.2. The summed E-state index contributed by atoms with van der Waals surface area (Å²) >= 11 is 0. The van der Waals surface area contributed by atoms with Crippen LogP contribution in [-0.4, -0.2) is 12.3 Å². The summed E-state index contributed by atoms with van der Waals surface area (Å²) in [6.45, 7) is 2.17. The van der Waals surface area contributed by atoms with Gasteiger partial charge in [-0.1, -0.05) is 43.7 Å². The Morgan fingerprint density at radius 3 is 2.29 bits per heavy atom. The molecule has 0 saturated heterocycles. The van der Waals surface area contributed by atoms with Crippen molar-refractivity contribution < 1.29 is 13.6 Å². The average molecular weight is 297 g/mol. The molecule has 21 heavy (non-hydrogen) atoms.